The third-order valence-corrected chi connectivity index (χ3v) is 5.06. The zero-order valence-corrected chi connectivity index (χ0v) is 13.2. The van der Waals surface area contributed by atoms with Crippen molar-refractivity contribution >= 4 is 0 Å². The van der Waals surface area contributed by atoms with Crippen LogP contribution in [0.5, 0.6) is 0 Å². The lowest BCUT2D eigenvalue weighted by molar-refractivity contribution is 0.0552. The van der Waals surface area contributed by atoms with Crippen LogP contribution in [0.1, 0.15) is 52.4 Å². The summed E-state index contributed by atoms with van der Waals surface area (Å²) in [5.74, 6) is 0. The molecule has 2 fully saturated rings. The molecule has 0 radical (unpaired) electrons. The first kappa shape index (κ1) is 15.3. The van der Waals surface area contributed by atoms with Gasteiger partial charge in [-0.25, -0.2) is 0 Å². The fraction of sp³-hybridized carbons (Fsp3) is 1.00. The van der Waals surface area contributed by atoms with Crippen molar-refractivity contribution in [1.29, 1.82) is 0 Å². The minimum absolute atomic E-state index is 0.309. The molecule has 1 N–H and O–H groups in total. The number of likely N-dealkylation sites (N-methyl/N-ethyl adjacent to an activating group) is 1. The van der Waals surface area contributed by atoms with E-state index in [4.69, 9.17) is 0 Å². The molecule has 0 unspecified atom stereocenters. The smallest absolute Gasteiger partial charge is 0.0281 e. The van der Waals surface area contributed by atoms with E-state index in [-0.39, 0.29) is 0 Å². The van der Waals surface area contributed by atoms with Gasteiger partial charge in [-0.15, -0.1) is 0 Å². The predicted molar refractivity (Wildman–Crippen MR) is 82.6 cm³/mol. The Balaban J connectivity index is 1.86. The molecule has 1 aliphatic heterocycles. The third kappa shape index (κ3) is 4.44. The highest BCUT2D eigenvalue weighted by Crippen LogP contribution is 2.24. The van der Waals surface area contributed by atoms with E-state index in [2.05, 4.69) is 36.0 Å². The van der Waals surface area contributed by atoms with Crippen molar-refractivity contribution in [3.8, 4) is 0 Å². The van der Waals surface area contributed by atoms with Crippen LogP contribution >= 0.6 is 0 Å². The van der Waals surface area contributed by atoms with Crippen molar-refractivity contribution < 1.29 is 0 Å². The molecule has 1 heterocycles. The summed E-state index contributed by atoms with van der Waals surface area (Å²) >= 11 is 0. The van der Waals surface area contributed by atoms with Gasteiger partial charge >= 0.3 is 0 Å². The Kier molecular flexibility index (Phi) is 5.67. The summed E-state index contributed by atoms with van der Waals surface area (Å²) in [6.07, 6.45) is 8.59. The van der Waals surface area contributed by atoms with E-state index >= 15 is 0 Å². The Hall–Kier alpha value is -0.120. The quantitative estimate of drug-likeness (QED) is 0.789. The maximum absolute atomic E-state index is 3.46. The normalized spacial score (nSPS) is 24.6. The second-order valence-electron chi connectivity index (χ2n) is 7.11. The third-order valence-electron chi connectivity index (χ3n) is 5.06. The Morgan fingerprint density at radius 2 is 1.63 bits per heavy atom. The molecule has 1 saturated heterocycles. The molecule has 1 saturated carbocycles. The zero-order valence-electron chi connectivity index (χ0n) is 13.2. The van der Waals surface area contributed by atoms with Gasteiger partial charge in [0, 0.05) is 44.3 Å². The highest BCUT2D eigenvalue weighted by Gasteiger charge is 2.30. The number of hydrogen-bond acceptors (Lipinski definition) is 3. The molecule has 112 valence electrons. The maximum Gasteiger partial charge on any atom is 0.0281 e. The summed E-state index contributed by atoms with van der Waals surface area (Å²) in [6, 6.07) is 0.824. The van der Waals surface area contributed by atoms with Gasteiger partial charge in [-0.2, -0.15) is 0 Å². The predicted octanol–water partition coefficient (Wildman–Crippen LogP) is 2.32. The molecule has 0 atom stereocenters. The summed E-state index contributed by atoms with van der Waals surface area (Å²) < 4.78 is 0. The van der Waals surface area contributed by atoms with Gasteiger partial charge in [-0.3, -0.25) is 4.90 Å². The highest BCUT2D eigenvalue weighted by molar-refractivity contribution is 4.88. The molecule has 1 aliphatic carbocycles. The second kappa shape index (κ2) is 7.05. The van der Waals surface area contributed by atoms with Crippen LogP contribution in [-0.4, -0.2) is 61.2 Å². The monoisotopic (exact) mass is 267 g/mol. The van der Waals surface area contributed by atoms with E-state index in [1.165, 1.54) is 58.2 Å². The van der Waals surface area contributed by atoms with Gasteiger partial charge in [-0.1, -0.05) is 25.7 Å². The maximum atomic E-state index is 3.46. The molecule has 0 spiro atoms. The average Bonchev–Trinajstić information content (AvgIpc) is 2.68. The molecule has 0 aromatic heterocycles. The Labute approximate surface area is 119 Å². The van der Waals surface area contributed by atoms with Crippen LogP contribution in [-0.2, 0) is 0 Å². The van der Waals surface area contributed by atoms with Gasteiger partial charge in [0.05, 0.1) is 0 Å². The molecule has 0 amide bonds. The topological polar surface area (TPSA) is 18.5 Å². The van der Waals surface area contributed by atoms with Gasteiger partial charge in [0.1, 0.15) is 0 Å². The summed E-state index contributed by atoms with van der Waals surface area (Å²) in [6.45, 7) is 10.7. The van der Waals surface area contributed by atoms with Gasteiger partial charge < -0.3 is 10.2 Å². The van der Waals surface area contributed by atoms with Crippen molar-refractivity contribution in [1.82, 2.24) is 15.1 Å². The van der Waals surface area contributed by atoms with Crippen molar-refractivity contribution in [2.24, 2.45) is 0 Å². The van der Waals surface area contributed by atoms with E-state index in [1.807, 2.05) is 0 Å². The SMILES string of the molecule is CN(CC(C)(C)N1CCNCC1)C1CCCCCC1. The first-order chi connectivity index (χ1) is 9.09. The number of nitrogens with zero attached hydrogens (tertiary/aromatic N) is 2. The van der Waals surface area contributed by atoms with Crippen LogP contribution in [0.25, 0.3) is 0 Å². The summed E-state index contributed by atoms with van der Waals surface area (Å²) in [7, 11) is 2.35. The minimum atomic E-state index is 0.309. The van der Waals surface area contributed by atoms with Gasteiger partial charge in [0.15, 0.2) is 0 Å². The number of nitrogens with one attached hydrogen (secondary N) is 1. The van der Waals surface area contributed by atoms with Gasteiger partial charge in [0.2, 0.25) is 0 Å². The molecular weight excluding hydrogens is 234 g/mol. The molecule has 3 heteroatoms. The lowest BCUT2D eigenvalue weighted by Gasteiger charge is -2.44. The van der Waals surface area contributed by atoms with Gasteiger partial charge in [-0.05, 0) is 33.7 Å². The molecule has 3 nitrogen and oxygen atoms in total. The number of hydrogen-bond donors (Lipinski definition) is 1. The van der Waals surface area contributed by atoms with E-state index in [1.54, 1.807) is 0 Å². The van der Waals surface area contributed by atoms with Crippen LogP contribution in [0.4, 0.5) is 0 Å². The van der Waals surface area contributed by atoms with Crippen molar-refractivity contribution in [2.75, 3.05) is 39.8 Å². The second-order valence-corrected chi connectivity index (χ2v) is 7.11. The fourth-order valence-corrected chi connectivity index (χ4v) is 3.81. The summed E-state index contributed by atoms with van der Waals surface area (Å²) in [5, 5.41) is 3.46. The van der Waals surface area contributed by atoms with E-state index < -0.39 is 0 Å². The van der Waals surface area contributed by atoms with Gasteiger partial charge in [0.25, 0.3) is 0 Å². The van der Waals surface area contributed by atoms with Crippen LogP contribution < -0.4 is 5.32 Å². The molecule has 0 aromatic rings. The standard InChI is InChI=1S/C16H33N3/c1-16(2,19-12-10-17-11-13-19)14-18(3)15-8-6-4-5-7-9-15/h15,17H,4-14H2,1-3H3. The van der Waals surface area contributed by atoms with E-state index in [9.17, 15) is 0 Å². The fourth-order valence-electron chi connectivity index (χ4n) is 3.81. The van der Waals surface area contributed by atoms with Crippen LogP contribution in [0, 0.1) is 0 Å². The Bertz CT molecular complexity index is 251. The number of piperazine rings is 1. The lowest BCUT2D eigenvalue weighted by atomic mass is 9.98. The molecular formula is C16H33N3. The zero-order chi connectivity index (χ0) is 13.7. The molecule has 0 bridgehead atoms. The van der Waals surface area contributed by atoms with Crippen molar-refractivity contribution in [3.05, 3.63) is 0 Å². The van der Waals surface area contributed by atoms with E-state index in [0.717, 1.165) is 19.1 Å². The highest BCUT2D eigenvalue weighted by atomic mass is 15.3. The van der Waals surface area contributed by atoms with Crippen molar-refractivity contribution in [3.63, 3.8) is 0 Å². The van der Waals surface area contributed by atoms with E-state index in [0.29, 0.717) is 5.54 Å². The average molecular weight is 267 g/mol. The largest absolute Gasteiger partial charge is 0.314 e. The molecule has 19 heavy (non-hydrogen) atoms. The summed E-state index contributed by atoms with van der Waals surface area (Å²) in [4.78, 5) is 5.31. The van der Waals surface area contributed by atoms with Crippen LogP contribution in [0.2, 0.25) is 0 Å². The van der Waals surface area contributed by atoms with Crippen molar-refractivity contribution in [2.45, 2.75) is 64.0 Å². The first-order valence-electron chi connectivity index (χ1n) is 8.25. The molecule has 2 aliphatic rings. The van der Waals surface area contributed by atoms with Crippen LogP contribution in [0.15, 0.2) is 0 Å². The Morgan fingerprint density at radius 3 is 2.21 bits per heavy atom. The summed E-state index contributed by atoms with van der Waals surface area (Å²) in [5.41, 5.74) is 0.309. The lowest BCUT2D eigenvalue weighted by Crippen LogP contribution is -2.58. The number of rotatable bonds is 4. The molecule has 2 rings (SSSR count). The molecule has 0 aromatic carbocycles. The van der Waals surface area contributed by atoms with Crippen LogP contribution in [0.3, 0.4) is 0 Å². The Morgan fingerprint density at radius 1 is 1.05 bits per heavy atom. The minimum Gasteiger partial charge on any atom is -0.314 e. The first-order valence-corrected chi connectivity index (χ1v) is 8.25.